The average Bonchev–Trinajstić information content (AvgIpc) is 2.58. The van der Waals surface area contributed by atoms with Crippen LogP contribution in [0.15, 0.2) is 15.9 Å². The van der Waals surface area contributed by atoms with E-state index in [0.29, 0.717) is 6.04 Å². The average molecular weight is 291 g/mol. The van der Waals surface area contributed by atoms with E-state index < -0.39 is 0 Å². The van der Waals surface area contributed by atoms with E-state index in [4.69, 9.17) is 5.84 Å². The minimum absolute atomic E-state index is 0.391. The van der Waals surface area contributed by atoms with Crippen LogP contribution in [0.2, 0.25) is 0 Å². The van der Waals surface area contributed by atoms with Crippen molar-refractivity contribution >= 4 is 27.3 Å². The molecule has 1 rings (SSSR count). The van der Waals surface area contributed by atoms with E-state index in [1.165, 1.54) is 15.8 Å². The van der Waals surface area contributed by atoms with Gasteiger partial charge < -0.3 is 0 Å². The van der Waals surface area contributed by atoms with Crippen LogP contribution in [0.5, 0.6) is 0 Å². The topological polar surface area (TPSA) is 38.0 Å². The number of nitrogens with two attached hydrogens (primary N) is 1. The minimum atomic E-state index is 0.391. The van der Waals surface area contributed by atoms with Crippen molar-refractivity contribution in [3.8, 4) is 0 Å². The van der Waals surface area contributed by atoms with E-state index in [1.54, 1.807) is 11.3 Å². The summed E-state index contributed by atoms with van der Waals surface area (Å²) in [4.78, 5) is 1.38. The van der Waals surface area contributed by atoms with E-state index in [-0.39, 0.29) is 0 Å². The maximum Gasteiger partial charge on any atom is 0.0314 e. The van der Waals surface area contributed by atoms with Crippen LogP contribution < -0.4 is 11.3 Å². The lowest BCUT2D eigenvalue weighted by Gasteiger charge is -2.16. The van der Waals surface area contributed by atoms with Gasteiger partial charge in [0, 0.05) is 15.4 Å². The molecule has 0 fully saturated rings. The molecule has 0 radical (unpaired) electrons. The Morgan fingerprint density at radius 2 is 2.20 bits per heavy atom. The lowest BCUT2D eigenvalue weighted by Crippen LogP contribution is -2.36. The van der Waals surface area contributed by atoms with Gasteiger partial charge in [0.1, 0.15) is 0 Å². The molecule has 1 aromatic rings. The van der Waals surface area contributed by atoms with Gasteiger partial charge >= 0.3 is 0 Å². The number of rotatable bonds is 6. The summed E-state index contributed by atoms with van der Waals surface area (Å²) in [5.74, 6) is 6.31. The highest BCUT2D eigenvalue weighted by Crippen LogP contribution is 2.24. The molecule has 1 heterocycles. The standard InChI is InChI=1S/C11H19BrN2S/c1-8(2)3-4-9(14-13)7-11-10(12)5-6-15-11/h5-6,8-9,14H,3-4,7,13H2,1-2H3. The predicted octanol–water partition coefficient (Wildman–Crippen LogP) is 3.32. The molecule has 0 saturated heterocycles. The SMILES string of the molecule is CC(C)CCC(Cc1sccc1Br)NN. The van der Waals surface area contributed by atoms with Gasteiger partial charge in [-0.1, -0.05) is 13.8 Å². The second kappa shape index (κ2) is 6.63. The summed E-state index contributed by atoms with van der Waals surface area (Å²) in [7, 11) is 0. The van der Waals surface area contributed by atoms with E-state index in [0.717, 1.165) is 18.8 Å². The monoisotopic (exact) mass is 290 g/mol. The normalized spacial score (nSPS) is 13.4. The molecular weight excluding hydrogens is 272 g/mol. The Morgan fingerprint density at radius 3 is 2.67 bits per heavy atom. The number of halogens is 1. The Balaban J connectivity index is 2.43. The van der Waals surface area contributed by atoms with Crippen LogP contribution in [0.1, 0.15) is 31.6 Å². The molecule has 0 aliphatic heterocycles. The van der Waals surface area contributed by atoms with Gasteiger partial charge in [0.25, 0.3) is 0 Å². The second-order valence-corrected chi connectivity index (χ2v) is 6.09. The molecule has 0 bridgehead atoms. The molecule has 1 aromatic heterocycles. The van der Waals surface area contributed by atoms with Crippen molar-refractivity contribution in [2.45, 2.75) is 39.2 Å². The molecule has 0 spiro atoms. The van der Waals surface area contributed by atoms with Crippen LogP contribution in [0.3, 0.4) is 0 Å². The van der Waals surface area contributed by atoms with Crippen molar-refractivity contribution < 1.29 is 0 Å². The Hall–Kier alpha value is 0.1000. The van der Waals surface area contributed by atoms with Gasteiger partial charge in [0.05, 0.1) is 0 Å². The summed E-state index contributed by atoms with van der Waals surface area (Å²) in [6.07, 6.45) is 3.37. The van der Waals surface area contributed by atoms with Crippen LogP contribution in [-0.4, -0.2) is 6.04 Å². The number of nitrogens with one attached hydrogen (secondary N) is 1. The highest BCUT2D eigenvalue weighted by Gasteiger charge is 2.11. The van der Waals surface area contributed by atoms with Crippen molar-refractivity contribution in [1.82, 2.24) is 5.43 Å². The molecule has 1 unspecified atom stereocenters. The lowest BCUT2D eigenvalue weighted by molar-refractivity contribution is 0.435. The molecule has 4 heteroatoms. The van der Waals surface area contributed by atoms with Gasteiger partial charge in [-0.3, -0.25) is 11.3 Å². The zero-order valence-corrected chi connectivity index (χ0v) is 11.7. The minimum Gasteiger partial charge on any atom is -0.271 e. The summed E-state index contributed by atoms with van der Waals surface area (Å²) in [6.45, 7) is 4.49. The van der Waals surface area contributed by atoms with E-state index in [2.05, 4.69) is 46.6 Å². The first-order chi connectivity index (χ1) is 7.13. The highest BCUT2D eigenvalue weighted by molar-refractivity contribution is 9.10. The third-order valence-electron chi connectivity index (χ3n) is 2.45. The molecule has 0 aliphatic rings. The maximum absolute atomic E-state index is 5.56. The molecule has 2 nitrogen and oxygen atoms in total. The first kappa shape index (κ1) is 13.2. The zero-order valence-electron chi connectivity index (χ0n) is 9.29. The lowest BCUT2D eigenvalue weighted by atomic mass is 10.0. The van der Waals surface area contributed by atoms with Crippen molar-refractivity contribution in [1.29, 1.82) is 0 Å². The molecule has 0 saturated carbocycles. The Kier molecular flexibility index (Phi) is 5.82. The Morgan fingerprint density at radius 1 is 1.47 bits per heavy atom. The summed E-state index contributed by atoms with van der Waals surface area (Å²) in [5.41, 5.74) is 2.91. The summed E-state index contributed by atoms with van der Waals surface area (Å²) >= 11 is 5.33. The number of thiophene rings is 1. The van der Waals surface area contributed by atoms with Gasteiger partial charge in [-0.05, 0) is 52.6 Å². The molecule has 15 heavy (non-hydrogen) atoms. The Bertz CT molecular complexity index is 286. The molecule has 3 N–H and O–H groups in total. The predicted molar refractivity (Wildman–Crippen MR) is 70.9 cm³/mol. The molecule has 0 amide bonds. The number of hydrazine groups is 1. The van der Waals surface area contributed by atoms with Gasteiger partial charge in [-0.15, -0.1) is 11.3 Å². The third kappa shape index (κ3) is 4.64. The van der Waals surface area contributed by atoms with Crippen LogP contribution in [0.4, 0.5) is 0 Å². The van der Waals surface area contributed by atoms with Crippen molar-refractivity contribution in [2.75, 3.05) is 0 Å². The highest BCUT2D eigenvalue weighted by atomic mass is 79.9. The van der Waals surface area contributed by atoms with Crippen LogP contribution >= 0.6 is 27.3 Å². The summed E-state index contributed by atoms with van der Waals surface area (Å²) in [6, 6.07) is 2.48. The first-order valence-corrected chi connectivity index (χ1v) is 6.98. The van der Waals surface area contributed by atoms with E-state index in [1.807, 2.05) is 0 Å². The maximum atomic E-state index is 5.56. The zero-order chi connectivity index (χ0) is 11.3. The van der Waals surface area contributed by atoms with Crippen LogP contribution in [-0.2, 0) is 6.42 Å². The fourth-order valence-corrected chi connectivity index (χ4v) is 3.07. The molecule has 0 aliphatic carbocycles. The van der Waals surface area contributed by atoms with Crippen molar-refractivity contribution in [2.24, 2.45) is 11.8 Å². The quantitative estimate of drug-likeness (QED) is 0.623. The smallest absolute Gasteiger partial charge is 0.0314 e. The van der Waals surface area contributed by atoms with Gasteiger partial charge in [-0.2, -0.15) is 0 Å². The first-order valence-electron chi connectivity index (χ1n) is 5.31. The molecule has 0 aromatic carbocycles. The molecule has 86 valence electrons. The van der Waals surface area contributed by atoms with Gasteiger partial charge in [-0.25, -0.2) is 0 Å². The Labute approximate surface area is 104 Å². The van der Waals surface area contributed by atoms with Gasteiger partial charge in [0.15, 0.2) is 0 Å². The van der Waals surface area contributed by atoms with E-state index in [9.17, 15) is 0 Å². The molecular formula is C11H19BrN2S. The van der Waals surface area contributed by atoms with Crippen molar-refractivity contribution in [3.05, 3.63) is 20.8 Å². The van der Waals surface area contributed by atoms with Crippen LogP contribution in [0.25, 0.3) is 0 Å². The second-order valence-electron chi connectivity index (χ2n) is 4.23. The fraction of sp³-hybridized carbons (Fsp3) is 0.636. The fourth-order valence-electron chi connectivity index (χ4n) is 1.47. The van der Waals surface area contributed by atoms with E-state index >= 15 is 0 Å². The number of hydrogen-bond acceptors (Lipinski definition) is 3. The number of hydrogen-bond donors (Lipinski definition) is 2. The summed E-state index contributed by atoms with van der Waals surface area (Å²) in [5, 5.41) is 2.11. The summed E-state index contributed by atoms with van der Waals surface area (Å²) < 4.78 is 1.21. The third-order valence-corrected chi connectivity index (χ3v) is 4.40. The van der Waals surface area contributed by atoms with Crippen molar-refractivity contribution in [3.63, 3.8) is 0 Å². The molecule has 1 atom stereocenters. The van der Waals surface area contributed by atoms with Crippen LogP contribution in [0, 0.1) is 5.92 Å². The van der Waals surface area contributed by atoms with Gasteiger partial charge in [0.2, 0.25) is 0 Å². The largest absolute Gasteiger partial charge is 0.271 e.